The van der Waals surface area contributed by atoms with E-state index in [1.54, 1.807) is 6.07 Å². The fourth-order valence-electron chi connectivity index (χ4n) is 2.26. The van der Waals surface area contributed by atoms with Crippen molar-refractivity contribution in [1.82, 2.24) is 9.97 Å². The Morgan fingerprint density at radius 1 is 1.00 bits per heavy atom. The van der Waals surface area contributed by atoms with Crippen LogP contribution in [0.25, 0.3) is 22.3 Å². The molecule has 0 atom stereocenters. The largest absolute Gasteiger partial charge is 0.228 e. The smallest absolute Gasteiger partial charge is 0.161 e. The first-order valence-corrected chi connectivity index (χ1v) is 6.63. The van der Waals surface area contributed by atoms with Gasteiger partial charge < -0.3 is 0 Å². The molecule has 3 rings (SSSR count). The molecule has 0 aliphatic rings. The van der Waals surface area contributed by atoms with Crippen molar-refractivity contribution < 1.29 is 4.39 Å². The van der Waals surface area contributed by atoms with E-state index in [9.17, 15) is 4.39 Å². The van der Waals surface area contributed by atoms with Crippen LogP contribution in [-0.4, -0.2) is 9.97 Å². The Kier molecular flexibility index (Phi) is 3.14. The molecule has 100 valence electrons. The first-order chi connectivity index (χ1) is 9.56. The lowest BCUT2D eigenvalue weighted by Gasteiger charge is -2.08. The van der Waals surface area contributed by atoms with E-state index in [1.807, 2.05) is 32.0 Å². The number of nitrogens with zero attached hydrogens (tertiary/aromatic N) is 2. The highest BCUT2D eigenvalue weighted by molar-refractivity contribution is 6.34. The van der Waals surface area contributed by atoms with Gasteiger partial charge in [0.2, 0.25) is 0 Å². The lowest BCUT2D eigenvalue weighted by molar-refractivity contribution is 0.627. The van der Waals surface area contributed by atoms with Crippen LogP contribution in [0.3, 0.4) is 0 Å². The summed E-state index contributed by atoms with van der Waals surface area (Å²) in [5.74, 6) is 0.253. The van der Waals surface area contributed by atoms with Crippen molar-refractivity contribution in [2.75, 3.05) is 0 Å². The minimum Gasteiger partial charge on any atom is -0.228 e. The first kappa shape index (κ1) is 13.0. The highest BCUT2D eigenvalue weighted by Crippen LogP contribution is 2.28. The molecule has 0 amide bonds. The van der Waals surface area contributed by atoms with E-state index in [0.717, 1.165) is 27.6 Å². The van der Waals surface area contributed by atoms with Gasteiger partial charge in [0, 0.05) is 10.9 Å². The Morgan fingerprint density at radius 3 is 2.55 bits per heavy atom. The molecule has 0 bridgehead atoms. The van der Waals surface area contributed by atoms with Gasteiger partial charge in [-0.05, 0) is 49.2 Å². The lowest BCUT2D eigenvalue weighted by atomic mass is 10.1. The van der Waals surface area contributed by atoms with Crippen molar-refractivity contribution >= 4 is 22.5 Å². The Bertz CT molecular complexity index is 815. The Morgan fingerprint density at radius 2 is 1.80 bits per heavy atom. The van der Waals surface area contributed by atoms with E-state index in [1.165, 1.54) is 12.1 Å². The summed E-state index contributed by atoms with van der Waals surface area (Å²) in [6.07, 6.45) is 0. The molecule has 2 nitrogen and oxygen atoms in total. The van der Waals surface area contributed by atoms with Crippen LogP contribution >= 0.6 is 11.6 Å². The molecule has 0 N–H and O–H groups in total. The normalized spacial score (nSPS) is 11.0. The molecule has 4 heteroatoms. The van der Waals surface area contributed by atoms with Gasteiger partial charge >= 0.3 is 0 Å². The van der Waals surface area contributed by atoms with Gasteiger partial charge in [-0.3, -0.25) is 0 Å². The summed E-state index contributed by atoms with van der Waals surface area (Å²) in [6, 6.07) is 10.4. The van der Waals surface area contributed by atoms with Gasteiger partial charge in [-0.1, -0.05) is 23.7 Å². The number of halogens is 2. The monoisotopic (exact) mass is 286 g/mol. The summed E-state index contributed by atoms with van der Waals surface area (Å²) in [4.78, 5) is 8.91. The average molecular weight is 287 g/mol. The van der Waals surface area contributed by atoms with Crippen molar-refractivity contribution in [2.24, 2.45) is 0 Å². The van der Waals surface area contributed by atoms with E-state index >= 15 is 0 Å². The average Bonchev–Trinajstić information content (AvgIpc) is 2.40. The number of hydrogen-bond donors (Lipinski definition) is 0. The number of rotatable bonds is 1. The molecule has 0 radical (unpaired) electrons. The van der Waals surface area contributed by atoms with E-state index < -0.39 is 0 Å². The number of fused-ring (bicyclic) bond motifs is 1. The maximum atomic E-state index is 13.2. The number of hydrogen-bond acceptors (Lipinski definition) is 2. The zero-order valence-corrected chi connectivity index (χ0v) is 11.9. The number of benzene rings is 2. The van der Waals surface area contributed by atoms with Gasteiger partial charge in [-0.15, -0.1) is 0 Å². The summed E-state index contributed by atoms with van der Waals surface area (Å²) in [7, 11) is 0. The lowest BCUT2D eigenvalue weighted by Crippen LogP contribution is -1.95. The van der Waals surface area contributed by atoms with E-state index in [4.69, 9.17) is 11.6 Å². The molecule has 20 heavy (non-hydrogen) atoms. The van der Waals surface area contributed by atoms with E-state index in [2.05, 4.69) is 9.97 Å². The molecule has 0 saturated carbocycles. The van der Waals surface area contributed by atoms with Crippen LogP contribution in [0, 0.1) is 19.7 Å². The van der Waals surface area contributed by atoms with Gasteiger partial charge in [0.25, 0.3) is 0 Å². The molecular weight excluding hydrogens is 275 g/mol. The zero-order chi connectivity index (χ0) is 14.3. The molecule has 1 aromatic heterocycles. The molecule has 0 fully saturated rings. The standard InChI is InChI=1S/C16H12ClFN2/c1-9-4-3-5-13-14(9)19-16(20-15(13)17)12-7-6-11(18)8-10(12)2/h3-8H,1-2H3. The van der Waals surface area contributed by atoms with Crippen LogP contribution in [0.5, 0.6) is 0 Å². The third kappa shape index (κ3) is 2.14. The second kappa shape index (κ2) is 4.84. The number of aryl methyl sites for hydroxylation is 2. The number of aromatic nitrogens is 2. The van der Waals surface area contributed by atoms with Crippen LogP contribution in [0.15, 0.2) is 36.4 Å². The molecular formula is C16H12ClFN2. The zero-order valence-electron chi connectivity index (χ0n) is 11.1. The van der Waals surface area contributed by atoms with Crippen LogP contribution in [0.1, 0.15) is 11.1 Å². The minimum atomic E-state index is -0.269. The van der Waals surface area contributed by atoms with Crippen molar-refractivity contribution in [2.45, 2.75) is 13.8 Å². The maximum absolute atomic E-state index is 13.2. The van der Waals surface area contributed by atoms with Gasteiger partial charge in [-0.2, -0.15) is 0 Å². The second-order valence-corrected chi connectivity index (χ2v) is 5.13. The van der Waals surface area contributed by atoms with Gasteiger partial charge in [0.1, 0.15) is 11.0 Å². The fraction of sp³-hybridized carbons (Fsp3) is 0.125. The second-order valence-electron chi connectivity index (χ2n) is 4.77. The molecule has 0 aliphatic heterocycles. The predicted octanol–water partition coefficient (Wildman–Crippen LogP) is 4.71. The van der Waals surface area contributed by atoms with Crippen molar-refractivity contribution in [1.29, 1.82) is 0 Å². The Balaban J connectivity index is 2.29. The summed E-state index contributed by atoms with van der Waals surface area (Å²) >= 11 is 6.24. The molecule has 2 aromatic carbocycles. The summed E-state index contributed by atoms with van der Waals surface area (Å²) in [5, 5.41) is 1.24. The molecule has 1 heterocycles. The van der Waals surface area contributed by atoms with Crippen molar-refractivity contribution in [3.8, 4) is 11.4 Å². The predicted molar refractivity (Wildman–Crippen MR) is 79.4 cm³/mol. The topological polar surface area (TPSA) is 25.8 Å². The van der Waals surface area contributed by atoms with Crippen molar-refractivity contribution in [3.05, 3.63) is 58.5 Å². The van der Waals surface area contributed by atoms with Crippen molar-refractivity contribution in [3.63, 3.8) is 0 Å². The summed E-state index contributed by atoms with van der Waals surface area (Å²) < 4.78 is 13.2. The van der Waals surface area contributed by atoms with E-state index in [0.29, 0.717) is 11.0 Å². The quantitative estimate of drug-likeness (QED) is 0.606. The van der Waals surface area contributed by atoms with Crippen LogP contribution in [0.2, 0.25) is 5.15 Å². The van der Waals surface area contributed by atoms with Gasteiger partial charge in [0.15, 0.2) is 5.82 Å². The summed E-state index contributed by atoms with van der Waals surface area (Å²) in [6.45, 7) is 3.81. The van der Waals surface area contributed by atoms with Gasteiger partial charge in [0.05, 0.1) is 5.52 Å². The van der Waals surface area contributed by atoms with Crippen LogP contribution in [0.4, 0.5) is 4.39 Å². The minimum absolute atomic E-state index is 0.269. The SMILES string of the molecule is Cc1cc(F)ccc1-c1nc(Cl)c2cccc(C)c2n1. The molecule has 0 unspecified atom stereocenters. The number of para-hydroxylation sites is 1. The third-order valence-corrected chi connectivity index (χ3v) is 3.60. The summed E-state index contributed by atoms with van der Waals surface area (Å²) in [5.41, 5.74) is 3.44. The highest BCUT2D eigenvalue weighted by atomic mass is 35.5. The molecule has 0 saturated heterocycles. The van der Waals surface area contributed by atoms with Gasteiger partial charge in [-0.25, -0.2) is 14.4 Å². The first-order valence-electron chi connectivity index (χ1n) is 6.25. The van der Waals surface area contributed by atoms with E-state index in [-0.39, 0.29) is 5.82 Å². The van der Waals surface area contributed by atoms with Crippen LogP contribution < -0.4 is 0 Å². The third-order valence-electron chi connectivity index (χ3n) is 3.31. The fourth-order valence-corrected chi connectivity index (χ4v) is 2.49. The highest BCUT2D eigenvalue weighted by Gasteiger charge is 2.11. The van der Waals surface area contributed by atoms with Crippen LogP contribution in [-0.2, 0) is 0 Å². The Labute approximate surface area is 121 Å². The molecule has 0 aliphatic carbocycles. The molecule has 3 aromatic rings. The Hall–Kier alpha value is -2.00. The molecule has 0 spiro atoms. The maximum Gasteiger partial charge on any atom is 0.161 e.